The number of likely N-dealkylation sites (tertiary alicyclic amines) is 2. The number of amidine groups is 1. The second kappa shape index (κ2) is 17.6. The lowest BCUT2D eigenvalue weighted by molar-refractivity contribution is -0.120. The summed E-state index contributed by atoms with van der Waals surface area (Å²) in [6.45, 7) is 6.79. The summed E-state index contributed by atoms with van der Waals surface area (Å²) in [7, 11) is 0. The van der Waals surface area contributed by atoms with Crippen molar-refractivity contribution in [1.29, 1.82) is 10.8 Å². The molecule has 2 saturated carbocycles. The minimum absolute atomic E-state index is 0.0212. The number of urea groups is 1. The van der Waals surface area contributed by atoms with Crippen LogP contribution in [0.15, 0.2) is 72.7 Å². The molecule has 1 spiro atoms. The molecule has 2 aliphatic carbocycles. The number of piperidine rings is 2. The molecule has 5 aliphatic heterocycles. The molecule has 67 heavy (non-hydrogen) atoms. The summed E-state index contributed by atoms with van der Waals surface area (Å²) >= 11 is 0. The van der Waals surface area contributed by atoms with Crippen LogP contribution in [0.5, 0.6) is 5.75 Å². The fourth-order valence-corrected chi connectivity index (χ4v) is 12.7. The van der Waals surface area contributed by atoms with Gasteiger partial charge in [-0.1, -0.05) is 12.1 Å². The number of rotatable bonds is 11. The van der Waals surface area contributed by atoms with E-state index in [0.29, 0.717) is 66.3 Å². The zero-order chi connectivity index (χ0) is 46.0. The number of aromatic hydroxyl groups is 1. The van der Waals surface area contributed by atoms with E-state index < -0.39 is 0 Å². The molecule has 2 atom stereocenters. The zero-order valence-electron chi connectivity index (χ0n) is 38.4. The van der Waals surface area contributed by atoms with E-state index in [4.69, 9.17) is 21.5 Å². The minimum atomic E-state index is -0.368. The first-order chi connectivity index (χ1) is 32.5. The number of amides is 3. The highest BCUT2D eigenvalue weighted by Gasteiger charge is 2.43. The third kappa shape index (κ3) is 8.52. The van der Waals surface area contributed by atoms with Crippen LogP contribution in [0.4, 0.5) is 26.2 Å². The number of piperazine rings is 1. The number of phenolic OH excluding ortho intramolecular Hbond substituents is 1. The van der Waals surface area contributed by atoms with E-state index in [1.807, 2.05) is 12.3 Å². The van der Waals surface area contributed by atoms with Crippen molar-refractivity contribution >= 4 is 51.6 Å². The summed E-state index contributed by atoms with van der Waals surface area (Å²) in [6.07, 6.45) is 19.9. The number of para-hydroxylation sites is 1. The Labute approximate surface area is 392 Å². The van der Waals surface area contributed by atoms with Gasteiger partial charge in [0.1, 0.15) is 23.0 Å². The van der Waals surface area contributed by atoms with Gasteiger partial charge in [-0.25, -0.2) is 14.2 Å². The van der Waals surface area contributed by atoms with Gasteiger partial charge in [0, 0.05) is 86.6 Å². The van der Waals surface area contributed by atoms with Crippen molar-refractivity contribution < 1.29 is 19.1 Å². The fraction of sp³-hybridized carbons (Fsp3) is 0.519. The Bertz CT molecular complexity index is 2600. The van der Waals surface area contributed by atoms with Gasteiger partial charge in [0.15, 0.2) is 0 Å². The van der Waals surface area contributed by atoms with Gasteiger partial charge < -0.3 is 40.4 Å². The van der Waals surface area contributed by atoms with Crippen LogP contribution >= 0.6 is 0 Å². The average Bonchev–Trinajstić information content (AvgIpc) is 4.05. The number of carbonyl (C=O) groups excluding carboxylic acids is 2. The molecule has 11 rings (SSSR count). The van der Waals surface area contributed by atoms with Crippen LogP contribution in [-0.2, 0) is 4.79 Å². The number of pyridine rings is 1. The number of phenols is 1. The zero-order valence-corrected chi connectivity index (χ0v) is 38.4. The number of nitrogens with two attached hydrogens (primary N) is 1. The van der Waals surface area contributed by atoms with Gasteiger partial charge in [-0.15, -0.1) is 0 Å². The molecule has 0 radical (unpaired) electrons. The number of allylic oxidation sites excluding steroid dienone is 1. The van der Waals surface area contributed by atoms with E-state index in [2.05, 4.69) is 47.8 Å². The molecule has 5 saturated heterocycles. The number of hydrogen-bond acceptors (Lipinski definition) is 10. The second-order valence-electron chi connectivity index (χ2n) is 20.8. The third-order valence-corrected chi connectivity index (χ3v) is 16.7. The maximum Gasteiger partial charge on any atom is 0.328 e. The highest BCUT2D eigenvalue weighted by atomic mass is 19.1. The molecule has 6 N–H and O–H groups in total. The predicted molar refractivity (Wildman–Crippen MR) is 260 cm³/mol. The highest BCUT2D eigenvalue weighted by Crippen LogP contribution is 2.50. The number of carbonyl (C=O) groups is 2. The molecule has 4 aromatic rings. The van der Waals surface area contributed by atoms with E-state index in [-0.39, 0.29) is 47.1 Å². The highest BCUT2D eigenvalue weighted by molar-refractivity contribution is 6.12. The summed E-state index contributed by atoms with van der Waals surface area (Å²) in [5.41, 5.74) is 12.4. The first kappa shape index (κ1) is 43.6. The lowest BCUT2D eigenvalue weighted by atomic mass is 9.67. The van der Waals surface area contributed by atoms with E-state index in [1.54, 1.807) is 41.3 Å². The quantitative estimate of drug-likeness (QED) is 0.0742. The second-order valence-corrected chi connectivity index (χ2v) is 20.8. The van der Waals surface area contributed by atoms with Crippen LogP contribution in [0.3, 0.4) is 0 Å². The molecule has 15 heteroatoms. The number of nitrogens with one attached hydrogen (secondary N) is 3. The van der Waals surface area contributed by atoms with Crippen molar-refractivity contribution in [1.82, 2.24) is 24.7 Å². The molecule has 14 nitrogen and oxygen atoms in total. The summed E-state index contributed by atoms with van der Waals surface area (Å²) in [4.78, 5) is 40.5. The Morgan fingerprint density at radius 2 is 1.60 bits per heavy atom. The van der Waals surface area contributed by atoms with Crippen molar-refractivity contribution in [2.45, 2.75) is 108 Å². The van der Waals surface area contributed by atoms with Gasteiger partial charge >= 0.3 is 6.03 Å². The lowest BCUT2D eigenvalue weighted by Crippen LogP contribution is -2.54. The van der Waals surface area contributed by atoms with Crippen molar-refractivity contribution in [3.63, 3.8) is 0 Å². The van der Waals surface area contributed by atoms with Crippen LogP contribution in [0, 0.1) is 28.0 Å². The van der Waals surface area contributed by atoms with Gasteiger partial charge in [0.05, 0.1) is 29.0 Å². The number of fused-ring (bicyclic) bond motifs is 3. The summed E-state index contributed by atoms with van der Waals surface area (Å²) < 4.78 is 18.1. The first-order valence-corrected chi connectivity index (χ1v) is 24.8. The number of aromatic nitrogens is 2. The first-order valence-electron chi connectivity index (χ1n) is 24.8. The summed E-state index contributed by atoms with van der Waals surface area (Å²) in [6, 6.07) is 14.9. The summed E-state index contributed by atoms with van der Waals surface area (Å²) in [5.74, 6) is 0.691. The standard InChI is InChI=1S/C52H64FN11O3/c53-43-10-9-36(64-37-7-8-38(64)31-61(30-37)46(49(55)56)27-44(54)40-3-1-2-4-47(40)65)26-45(43)60-20-13-33(14-21-60)29-59-23-18-52(19-24-59)16-11-35(12-17-52)63-32-42(34-5-6-34)41-25-39(28-57-50(41)63)62-22-15-48(66)58-51(62)67/h1-4,9-10,25-28,32-35,37-38,54,65H,5-8,11-24,29-31H2,(H3,55,56)(H,58,66,67)/b46-27+,54-44?/t37-,38-/m1/s1. The number of hydrogen-bond donors (Lipinski definition) is 5. The molecular formula is C52H64FN11O3. The topological polar surface area (TPSA) is 174 Å². The molecule has 352 valence electrons. The van der Waals surface area contributed by atoms with E-state index >= 15 is 4.39 Å². The molecule has 7 aliphatic rings. The summed E-state index contributed by atoms with van der Waals surface area (Å²) in [5, 5.41) is 31.0. The normalized spacial score (nSPS) is 24.2. The van der Waals surface area contributed by atoms with Crippen molar-refractivity contribution in [2.24, 2.45) is 17.1 Å². The van der Waals surface area contributed by atoms with E-state index in [9.17, 15) is 14.7 Å². The smallest absolute Gasteiger partial charge is 0.328 e. The van der Waals surface area contributed by atoms with Crippen LogP contribution in [0.2, 0.25) is 0 Å². The van der Waals surface area contributed by atoms with Gasteiger partial charge in [-0.2, -0.15) is 0 Å². The molecule has 2 bridgehead atoms. The van der Waals surface area contributed by atoms with Crippen LogP contribution in [-0.4, -0.2) is 112 Å². The van der Waals surface area contributed by atoms with E-state index in [1.165, 1.54) is 44.1 Å². The molecular weight excluding hydrogens is 846 g/mol. The molecule has 2 aromatic carbocycles. The van der Waals surface area contributed by atoms with Gasteiger partial charge in [0.2, 0.25) is 5.91 Å². The number of anilines is 3. The maximum atomic E-state index is 15.7. The third-order valence-electron chi connectivity index (χ3n) is 16.7. The predicted octanol–water partition coefficient (Wildman–Crippen LogP) is 7.86. The SMILES string of the molecule is N=C(N)/C(=C\C(=N)c1ccccc1O)N1C[C@H]2CC[C@H](C1)N2c1ccc(F)c(N2CCC(CN3CCC4(CCC(n5cc(C6CC6)c6cc(N7CCC(=O)NC7=O)cnc65)CC4)CC3)CC2)c1. The van der Waals surface area contributed by atoms with E-state index in [0.717, 1.165) is 93.7 Å². The maximum absolute atomic E-state index is 15.7. The fourth-order valence-electron chi connectivity index (χ4n) is 12.7. The number of benzene rings is 2. The Morgan fingerprint density at radius 3 is 2.28 bits per heavy atom. The largest absolute Gasteiger partial charge is 0.507 e. The van der Waals surface area contributed by atoms with Crippen molar-refractivity contribution in [3.05, 3.63) is 89.6 Å². The minimum Gasteiger partial charge on any atom is -0.507 e. The van der Waals surface area contributed by atoms with Gasteiger partial charge in [0.25, 0.3) is 0 Å². The molecule has 2 aromatic heterocycles. The number of nitrogens with zero attached hydrogens (tertiary/aromatic N) is 7. The molecule has 3 amide bonds. The van der Waals surface area contributed by atoms with Crippen LogP contribution in [0.25, 0.3) is 11.0 Å². The Morgan fingerprint density at radius 1 is 0.866 bits per heavy atom. The monoisotopic (exact) mass is 910 g/mol. The van der Waals surface area contributed by atoms with Crippen LogP contribution in [0.1, 0.15) is 107 Å². The Balaban J connectivity index is 0.672. The lowest BCUT2D eigenvalue weighted by Gasteiger charge is -2.47. The van der Waals surface area contributed by atoms with Gasteiger partial charge in [-0.05, 0) is 155 Å². The molecule has 7 fully saturated rings. The molecule has 7 heterocycles. The van der Waals surface area contributed by atoms with Crippen LogP contribution < -0.4 is 25.8 Å². The Kier molecular flexibility index (Phi) is 11.5. The Hall–Kier alpha value is -5.96. The average molecular weight is 910 g/mol. The van der Waals surface area contributed by atoms with Gasteiger partial charge in [-0.3, -0.25) is 20.4 Å². The van der Waals surface area contributed by atoms with Crippen molar-refractivity contribution in [3.8, 4) is 5.75 Å². The number of halogens is 1. The molecule has 0 unspecified atom stereocenters. The van der Waals surface area contributed by atoms with Crippen molar-refractivity contribution in [2.75, 3.05) is 67.1 Å². The number of imide groups is 1.